The highest BCUT2D eigenvalue weighted by molar-refractivity contribution is 4.70. The highest BCUT2D eigenvalue weighted by Crippen LogP contribution is 2.19. The van der Waals surface area contributed by atoms with Crippen molar-refractivity contribution in [2.24, 2.45) is 5.92 Å². The Morgan fingerprint density at radius 2 is 1.75 bits per heavy atom. The highest BCUT2D eigenvalue weighted by atomic mass is 16.5. The van der Waals surface area contributed by atoms with Gasteiger partial charge in [-0.05, 0) is 45.2 Å². The molecule has 0 aromatic heterocycles. The molecule has 0 unspecified atom stereocenters. The molecule has 1 aliphatic heterocycles. The lowest BCUT2D eigenvalue weighted by atomic mass is 9.94. The molecular formula is C14H31NO. The molecule has 2 heteroatoms. The van der Waals surface area contributed by atoms with E-state index in [0.29, 0.717) is 0 Å². The van der Waals surface area contributed by atoms with Crippen LogP contribution in [0.2, 0.25) is 0 Å². The predicted octanol–water partition coefficient (Wildman–Crippen LogP) is 3.56. The summed E-state index contributed by atoms with van der Waals surface area (Å²) in [4.78, 5) is 2.59. The molecule has 0 N–H and O–H groups in total. The van der Waals surface area contributed by atoms with E-state index in [2.05, 4.69) is 18.7 Å². The standard InChI is InChI=1S/C12H25NO.C2H6/c1-3-12-6-9-13(10-7-12)8-5-11-14-4-2;1-2/h12H,3-11H2,1-2H3;1-2H3. The summed E-state index contributed by atoms with van der Waals surface area (Å²) in [6, 6.07) is 0. The van der Waals surface area contributed by atoms with Gasteiger partial charge in [0.2, 0.25) is 0 Å². The largest absolute Gasteiger partial charge is 0.382 e. The van der Waals surface area contributed by atoms with Gasteiger partial charge in [-0.1, -0.05) is 27.2 Å². The molecule has 0 radical (unpaired) electrons. The van der Waals surface area contributed by atoms with E-state index < -0.39 is 0 Å². The summed E-state index contributed by atoms with van der Waals surface area (Å²) in [6.07, 6.45) is 5.38. The summed E-state index contributed by atoms with van der Waals surface area (Å²) in [5.41, 5.74) is 0. The minimum atomic E-state index is 0.859. The third-order valence-electron chi connectivity index (χ3n) is 3.25. The van der Waals surface area contributed by atoms with E-state index in [9.17, 15) is 0 Å². The van der Waals surface area contributed by atoms with Crippen molar-refractivity contribution in [3.63, 3.8) is 0 Å². The van der Waals surface area contributed by atoms with Crippen LogP contribution in [-0.4, -0.2) is 37.7 Å². The van der Waals surface area contributed by atoms with E-state index in [1.807, 2.05) is 13.8 Å². The summed E-state index contributed by atoms with van der Waals surface area (Å²) < 4.78 is 5.34. The van der Waals surface area contributed by atoms with Crippen LogP contribution in [0.5, 0.6) is 0 Å². The van der Waals surface area contributed by atoms with Crippen LogP contribution in [0, 0.1) is 5.92 Å². The van der Waals surface area contributed by atoms with Crippen molar-refractivity contribution in [3.05, 3.63) is 0 Å². The van der Waals surface area contributed by atoms with Gasteiger partial charge in [0.05, 0.1) is 0 Å². The van der Waals surface area contributed by atoms with Gasteiger partial charge in [0.1, 0.15) is 0 Å². The fourth-order valence-electron chi connectivity index (χ4n) is 2.15. The monoisotopic (exact) mass is 229 g/mol. The molecule has 0 aliphatic carbocycles. The van der Waals surface area contributed by atoms with Crippen LogP contribution in [0.15, 0.2) is 0 Å². The van der Waals surface area contributed by atoms with Crippen LogP contribution in [0.4, 0.5) is 0 Å². The second-order valence-electron chi connectivity index (χ2n) is 4.24. The van der Waals surface area contributed by atoms with Crippen molar-refractivity contribution in [2.75, 3.05) is 32.8 Å². The number of piperidine rings is 1. The van der Waals surface area contributed by atoms with Crippen molar-refractivity contribution >= 4 is 0 Å². The van der Waals surface area contributed by atoms with Crippen molar-refractivity contribution in [2.45, 2.75) is 53.4 Å². The van der Waals surface area contributed by atoms with Crippen molar-refractivity contribution in [1.29, 1.82) is 0 Å². The first-order chi connectivity index (χ1) is 7.86. The second-order valence-corrected chi connectivity index (χ2v) is 4.24. The van der Waals surface area contributed by atoms with E-state index in [1.54, 1.807) is 0 Å². The molecule has 98 valence electrons. The Balaban J connectivity index is 0.00000106. The molecule has 16 heavy (non-hydrogen) atoms. The van der Waals surface area contributed by atoms with Gasteiger partial charge in [-0.3, -0.25) is 0 Å². The molecule has 0 amide bonds. The van der Waals surface area contributed by atoms with Gasteiger partial charge in [0.25, 0.3) is 0 Å². The fraction of sp³-hybridized carbons (Fsp3) is 1.00. The SMILES string of the molecule is CC.CCOCCCN1CCC(CC)CC1. The van der Waals surface area contributed by atoms with Crippen LogP contribution in [-0.2, 0) is 4.74 Å². The van der Waals surface area contributed by atoms with Gasteiger partial charge in [-0.15, -0.1) is 0 Å². The maximum atomic E-state index is 5.34. The van der Waals surface area contributed by atoms with Gasteiger partial charge >= 0.3 is 0 Å². The Kier molecular flexibility index (Phi) is 11.3. The average molecular weight is 229 g/mol. The molecule has 1 aliphatic rings. The van der Waals surface area contributed by atoms with E-state index in [4.69, 9.17) is 4.74 Å². The average Bonchev–Trinajstić information content (AvgIpc) is 2.38. The summed E-state index contributed by atoms with van der Waals surface area (Å²) in [6.45, 7) is 14.0. The molecule has 0 spiro atoms. The van der Waals surface area contributed by atoms with Gasteiger partial charge in [-0.25, -0.2) is 0 Å². The first-order valence-corrected chi connectivity index (χ1v) is 7.16. The maximum Gasteiger partial charge on any atom is 0.0478 e. The predicted molar refractivity (Wildman–Crippen MR) is 71.9 cm³/mol. The summed E-state index contributed by atoms with van der Waals surface area (Å²) in [5.74, 6) is 0.998. The first-order valence-electron chi connectivity index (χ1n) is 7.16. The third-order valence-corrected chi connectivity index (χ3v) is 3.25. The van der Waals surface area contributed by atoms with Crippen molar-refractivity contribution < 1.29 is 4.74 Å². The number of ether oxygens (including phenoxy) is 1. The Bertz CT molecular complexity index is 131. The van der Waals surface area contributed by atoms with E-state index in [1.165, 1.54) is 45.3 Å². The van der Waals surface area contributed by atoms with Gasteiger partial charge in [-0.2, -0.15) is 0 Å². The maximum absolute atomic E-state index is 5.34. The molecule has 0 saturated carbocycles. The van der Waals surface area contributed by atoms with Gasteiger partial charge in [0, 0.05) is 19.8 Å². The molecule has 0 aromatic carbocycles. The molecule has 1 heterocycles. The van der Waals surface area contributed by atoms with Crippen LogP contribution < -0.4 is 0 Å². The fourth-order valence-corrected chi connectivity index (χ4v) is 2.15. The lowest BCUT2D eigenvalue weighted by Crippen LogP contribution is -2.34. The molecule has 0 bridgehead atoms. The molecule has 0 aromatic rings. The van der Waals surface area contributed by atoms with Crippen LogP contribution >= 0.6 is 0 Å². The molecule has 0 atom stereocenters. The number of hydrogen-bond acceptors (Lipinski definition) is 2. The Labute approximate surface area is 102 Å². The lowest BCUT2D eigenvalue weighted by Gasteiger charge is -2.31. The van der Waals surface area contributed by atoms with Crippen LogP contribution in [0.1, 0.15) is 53.4 Å². The number of rotatable bonds is 6. The molecule has 1 saturated heterocycles. The van der Waals surface area contributed by atoms with Crippen LogP contribution in [0.3, 0.4) is 0 Å². The zero-order chi connectivity index (χ0) is 12.2. The molecule has 1 rings (SSSR count). The second kappa shape index (κ2) is 11.4. The van der Waals surface area contributed by atoms with E-state index >= 15 is 0 Å². The third kappa shape index (κ3) is 7.24. The van der Waals surface area contributed by atoms with Crippen molar-refractivity contribution in [3.8, 4) is 0 Å². The van der Waals surface area contributed by atoms with Crippen molar-refractivity contribution in [1.82, 2.24) is 4.90 Å². The zero-order valence-corrected chi connectivity index (χ0v) is 11.8. The lowest BCUT2D eigenvalue weighted by molar-refractivity contribution is 0.120. The minimum absolute atomic E-state index is 0.859. The summed E-state index contributed by atoms with van der Waals surface area (Å²) in [5, 5.41) is 0. The number of hydrogen-bond donors (Lipinski definition) is 0. The topological polar surface area (TPSA) is 12.5 Å². The Morgan fingerprint density at radius 1 is 1.12 bits per heavy atom. The summed E-state index contributed by atoms with van der Waals surface area (Å²) >= 11 is 0. The quantitative estimate of drug-likeness (QED) is 0.646. The highest BCUT2D eigenvalue weighted by Gasteiger charge is 2.16. The Hall–Kier alpha value is -0.0800. The smallest absolute Gasteiger partial charge is 0.0478 e. The summed E-state index contributed by atoms with van der Waals surface area (Å²) in [7, 11) is 0. The Morgan fingerprint density at radius 3 is 2.25 bits per heavy atom. The van der Waals surface area contributed by atoms with E-state index in [-0.39, 0.29) is 0 Å². The van der Waals surface area contributed by atoms with Crippen LogP contribution in [0.25, 0.3) is 0 Å². The molecular weight excluding hydrogens is 198 g/mol. The minimum Gasteiger partial charge on any atom is -0.382 e. The number of nitrogens with zero attached hydrogens (tertiary/aromatic N) is 1. The first kappa shape index (κ1) is 15.9. The van der Waals surface area contributed by atoms with Gasteiger partial charge < -0.3 is 9.64 Å². The molecule has 2 nitrogen and oxygen atoms in total. The molecule has 1 fully saturated rings. The number of likely N-dealkylation sites (tertiary alicyclic amines) is 1. The normalized spacial score (nSPS) is 18.0. The van der Waals surface area contributed by atoms with Gasteiger partial charge in [0.15, 0.2) is 0 Å². The van der Waals surface area contributed by atoms with E-state index in [0.717, 1.165) is 19.1 Å². The zero-order valence-electron chi connectivity index (χ0n) is 11.8.